The lowest BCUT2D eigenvalue weighted by Gasteiger charge is -2.02. The average molecular weight is 317 g/mol. The molecule has 0 aliphatic carbocycles. The maximum absolute atomic E-state index is 11.4. The van der Waals surface area contributed by atoms with E-state index < -0.39 is 0 Å². The molecule has 0 aliphatic rings. The van der Waals surface area contributed by atoms with E-state index in [9.17, 15) is 4.79 Å². The molecule has 0 saturated carbocycles. The Morgan fingerprint density at radius 2 is 2.33 bits per heavy atom. The maximum Gasteiger partial charge on any atom is 0.348 e. The molecule has 2 rings (SSSR count). The predicted octanol–water partition coefficient (Wildman–Crippen LogP) is -4.45. The van der Waals surface area contributed by atoms with Crippen LogP contribution in [0, 0.1) is 0 Å². The van der Waals surface area contributed by atoms with Crippen LogP contribution in [0.5, 0.6) is 0 Å². The van der Waals surface area contributed by atoms with Crippen LogP contribution in [0.4, 0.5) is 0 Å². The summed E-state index contributed by atoms with van der Waals surface area (Å²) in [5.74, 6) is -0.283. The second-order valence-electron chi connectivity index (χ2n) is 3.54. The van der Waals surface area contributed by atoms with Crippen LogP contribution >= 0.6 is 0 Å². The van der Waals surface area contributed by atoms with Crippen LogP contribution in [0.1, 0.15) is 0 Å². The molecule has 98 valence electrons. The summed E-state index contributed by atoms with van der Waals surface area (Å²) in [6, 6.07) is 0. The maximum atomic E-state index is 11.4. The van der Waals surface area contributed by atoms with Gasteiger partial charge in [0.1, 0.15) is 25.3 Å². The fraction of sp³-hybridized carbons (Fsp3) is 0.444. The van der Waals surface area contributed by atoms with Crippen LogP contribution in [0.25, 0.3) is 0 Å². The summed E-state index contributed by atoms with van der Waals surface area (Å²) in [6.45, 7) is 0.923. The standard InChI is InChI=1S/C9H13N6O2.BrH/c1-13-2-3-14(8-13)6-9(16)17-5-4-15-7-10-11-12-15;/h2-3,7-8H,4-6H2,1H3;1H/q+1;/p-1. The molecule has 0 aromatic carbocycles. The minimum absolute atomic E-state index is 0. The van der Waals surface area contributed by atoms with Gasteiger partial charge in [0.2, 0.25) is 6.33 Å². The highest BCUT2D eigenvalue weighted by atomic mass is 79.9. The number of nitrogens with zero attached hydrogens (tertiary/aromatic N) is 6. The molecule has 9 heteroatoms. The van der Waals surface area contributed by atoms with Crippen molar-refractivity contribution in [2.45, 2.75) is 13.1 Å². The Bertz CT molecular complexity index is 483. The smallest absolute Gasteiger partial charge is 0.348 e. The first kappa shape index (κ1) is 14.3. The van der Waals surface area contributed by atoms with Gasteiger partial charge in [-0.15, -0.1) is 5.10 Å². The van der Waals surface area contributed by atoms with Crippen molar-refractivity contribution in [3.05, 3.63) is 25.0 Å². The highest BCUT2D eigenvalue weighted by Gasteiger charge is 2.08. The summed E-state index contributed by atoms with van der Waals surface area (Å²) in [5, 5.41) is 10.6. The van der Waals surface area contributed by atoms with Gasteiger partial charge in [-0.1, -0.05) is 0 Å². The van der Waals surface area contributed by atoms with Crippen LogP contribution in [-0.2, 0) is 29.7 Å². The van der Waals surface area contributed by atoms with Crippen LogP contribution in [0.2, 0.25) is 0 Å². The Hall–Kier alpha value is -1.77. The molecule has 0 bridgehead atoms. The van der Waals surface area contributed by atoms with E-state index in [-0.39, 0.29) is 36.1 Å². The third-order valence-electron chi connectivity index (χ3n) is 2.11. The molecule has 0 radical (unpaired) electrons. The second-order valence-corrected chi connectivity index (χ2v) is 3.54. The molecule has 8 nitrogen and oxygen atoms in total. The van der Waals surface area contributed by atoms with Crippen molar-refractivity contribution in [3.8, 4) is 0 Å². The Labute approximate surface area is 114 Å². The van der Waals surface area contributed by atoms with Crippen LogP contribution in [-0.4, -0.2) is 37.4 Å². The fourth-order valence-electron chi connectivity index (χ4n) is 1.33. The van der Waals surface area contributed by atoms with Gasteiger partial charge in [0.05, 0.1) is 13.6 Å². The first-order chi connectivity index (χ1) is 8.24. The highest BCUT2D eigenvalue weighted by Crippen LogP contribution is 1.89. The van der Waals surface area contributed by atoms with Crippen molar-refractivity contribution < 1.29 is 31.1 Å². The Balaban J connectivity index is 0.00000162. The SMILES string of the molecule is C[n+]1ccn(CC(=O)OCCn2cnnn2)c1.[Br-]. The minimum atomic E-state index is -0.283. The monoisotopic (exact) mass is 316 g/mol. The molecule has 0 aliphatic heterocycles. The van der Waals surface area contributed by atoms with Gasteiger partial charge < -0.3 is 21.7 Å². The van der Waals surface area contributed by atoms with Crippen LogP contribution in [0.3, 0.4) is 0 Å². The molecular formula is C9H13BrN6O2. The fourth-order valence-corrected chi connectivity index (χ4v) is 1.33. The van der Waals surface area contributed by atoms with E-state index in [1.165, 1.54) is 11.0 Å². The van der Waals surface area contributed by atoms with Gasteiger partial charge in [-0.25, -0.2) is 18.6 Å². The molecule has 2 aromatic heterocycles. The number of ether oxygens (including phenoxy) is 1. The predicted molar refractivity (Wildman–Crippen MR) is 54.4 cm³/mol. The summed E-state index contributed by atoms with van der Waals surface area (Å²) in [7, 11) is 1.89. The quantitative estimate of drug-likeness (QED) is 0.411. The summed E-state index contributed by atoms with van der Waals surface area (Å²) in [5.41, 5.74) is 0. The van der Waals surface area contributed by atoms with Gasteiger partial charge in [-0.3, -0.25) is 0 Å². The van der Waals surface area contributed by atoms with Crippen molar-refractivity contribution >= 4 is 5.97 Å². The van der Waals surface area contributed by atoms with Crippen molar-refractivity contribution in [1.82, 2.24) is 24.8 Å². The largest absolute Gasteiger partial charge is 1.00 e. The van der Waals surface area contributed by atoms with Crippen molar-refractivity contribution in [1.29, 1.82) is 0 Å². The van der Waals surface area contributed by atoms with Gasteiger partial charge in [0.15, 0.2) is 6.54 Å². The third kappa shape index (κ3) is 4.24. The number of carbonyl (C=O) groups excluding carboxylic acids is 1. The zero-order valence-corrected chi connectivity index (χ0v) is 11.4. The first-order valence-corrected chi connectivity index (χ1v) is 5.11. The van der Waals surface area contributed by atoms with E-state index in [1.807, 2.05) is 30.3 Å². The van der Waals surface area contributed by atoms with Gasteiger partial charge in [-0.2, -0.15) is 0 Å². The minimum Gasteiger partial charge on any atom is -1.00 e. The number of esters is 1. The van der Waals surface area contributed by atoms with Crippen molar-refractivity contribution in [2.24, 2.45) is 7.05 Å². The van der Waals surface area contributed by atoms with E-state index in [2.05, 4.69) is 15.5 Å². The molecule has 0 amide bonds. The van der Waals surface area contributed by atoms with E-state index >= 15 is 0 Å². The van der Waals surface area contributed by atoms with Gasteiger partial charge >= 0.3 is 5.97 Å². The zero-order valence-electron chi connectivity index (χ0n) is 9.81. The molecule has 0 unspecified atom stereocenters. The number of rotatable bonds is 5. The van der Waals surface area contributed by atoms with Gasteiger partial charge in [-0.05, 0) is 10.4 Å². The molecular weight excluding hydrogens is 304 g/mol. The topological polar surface area (TPSA) is 78.7 Å². The molecule has 2 aromatic rings. The Kier molecular flexibility index (Phi) is 5.43. The van der Waals surface area contributed by atoms with Gasteiger partial charge in [0, 0.05) is 0 Å². The van der Waals surface area contributed by atoms with Gasteiger partial charge in [0.25, 0.3) is 0 Å². The number of tetrazole rings is 1. The summed E-state index contributed by atoms with van der Waals surface area (Å²) < 4.78 is 10.2. The number of imidazole rings is 1. The normalized spacial score (nSPS) is 9.83. The third-order valence-corrected chi connectivity index (χ3v) is 2.11. The number of aryl methyl sites for hydroxylation is 1. The molecule has 0 spiro atoms. The lowest BCUT2D eigenvalue weighted by molar-refractivity contribution is -0.671. The Morgan fingerprint density at radius 3 is 2.94 bits per heavy atom. The van der Waals surface area contributed by atoms with E-state index in [0.717, 1.165) is 0 Å². The number of carbonyl (C=O) groups is 1. The van der Waals surface area contributed by atoms with E-state index in [0.29, 0.717) is 6.54 Å². The van der Waals surface area contributed by atoms with Crippen LogP contribution in [0.15, 0.2) is 25.0 Å². The van der Waals surface area contributed by atoms with Crippen LogP contribution < -0.4 is 21.5 Å². The average Bonchev–Trinajstić information content (AvgIpc) is 2.90. The molecule has 0 atom stereocenters. The summed E-state index contributed by atoms with van der Waals surface area (Å²) in [4.78, 5) is 11.4. The molecule has 0 fully saturated rings. The molecule has 0 saturated heterocycles. The Morgan fingerprint density at radius 1 is 1.50 bits per heavy atom. The number of aromatic nitrogens is 6. The van der Waals surface area contributed by atoms with Crippen molar-refractivity contribution in [2.75, 3.05) is 6.61 Å². The zero-order chi connectivity index (χ0) is 12.1. The lowest BCUT2D eigenvalue weighted by Crippen LogP contribution is -3.00. The highest BCUT2D eigenvalue weighted by molar-refractivity contribution is 5.69. The number of halogens is 1. The lowest BCUT2D eigenvalue weighted by atomic mass is 10.6. The number of hydrogen-bond donors (Lipinski definition) is 0. The number of hydrogen-bond acceptors (Lipinski definition) is 5. The van der Waals surface area contributed by atoms with Crippen molar-refractivity contribution in [3.63, 3.8) is 0 Å². The molecule has 0 N–H and O–H groups in total. The summed E-state index contributed by atoms with van der Waals surface area (Å²) >= 11 is 0. The second kappa shape index (κ2) is 6.84. The first-order valence-electron chi connectivity index (χ1n) is 5.11. The molecule has 2 heterocycles. The summed E-state index contributed by atoms with van der Waals surface area (Å²) in [6.07, 6.45) is 6.94. The molecule has 18 heavy (non-hydrogen) atoms. The van der Waals surface area contributed by atoms with E-state index in [1.54, 1.807) is 4.57 Å². The van der Waals surface area contributed by atoms with E-state index in [4.69, 9.17) is 4.74 Å².